The van der Waals surface area contributed by atoms with Crippen molar-refractivity contribution < 1.29 is 4.79 Å². The molecule has 1 unspecified atom stereocenters. The van der Waals surface area contributed by atoms with Crippen LogP contribution in [-0.4, -0.2) is 17.8 Å². The first-order chi connectivity index (χ1) is 8.04. The van der Waals surface area contributed by atoms with E-state index < -0.39 is 0 Å². The first kappa shape index (κ1) is 15.2. The van der Waals surface area contributed by atoms with Crippen molar-refractivity contribution >= 4 is 56.0 Å². The number of hydrogen-bond donors (Lipinski definition) is 1. The van der Waals surface area contributed by atoms with Gasteiger partial charge in [0.2, 0.25) is 0 Å². The van der Waals surface area contributed by atoms with Crippen molar-refractivity contribution in [2.75, 3.05) is 5.88 Å². The Kier molecular flexibility index (Phi) is 6.80. The summed E-state index contributed by atoms with van der Waals surface area (Å²) in [4.78, 5) is 12.0. The summed E-state index contributed by atoms with van der Waals surface area (Å²) in [5, 5.41) is 2.97. The minimum absolute atomic E-state index is 0.0440. The molecule has 1 aromatic rings. The van der Waals surface area contributed by atoms with Gasteiger partial charge in [-0.25, -0.2) is 0 Å². The van der Waals surface area contributed by atoms with Gasteiger partial charge < -0.3 is 5.32 Å². The van der Waals surface area contributed by atoms with E-state index in [0.717, 1.165) is 20.9 Å². The highest BCUT2D eigenvalue weighted by Gasteiger charge is 2.12. The van der Waals surface area contributed by atoms with Crippen molar-refractivity contribution in [2.45, 2.75) is 25.8 Å². The molecule has 5 heteroatoms. The molecule has 0 radical (unpaired) electrons. The Bertz CT molecular complexity index is 400. The minimum Gasteiger partial charge on any atom is -0.350 e. The number of nitrogens with one attached hydrogen (secondary N) is 1. The Labute approximate surface area is 129 Å². The molecule has 94 valence electrons. The molecule has 0 bridgehead atoms. The second-order valence-electron chi connectivity index (χ2n) is 3.83. The topological polar surface area (TPSA) is 29.1 Å². The third-order valence-corrected chi connectivity index (χ3v) is 3.95. The van der Waals surface area contributed by atoms with Crippen LogP contribution in [0, 0.1) is 3.57 Å². The van der Waals surface area contributed by atoms with Crippen LogP contribution in [0.5, 0.6) is 0 Å². The summed E-state index contributed by atoms with van der Waals surface area (Å²) >= 11 is 11.2. The lowest BCUT2D eigenvalue weighted by Gasteiger charge is -2.14. The van der Waals surface area contributed by atoms with Gasteiger partial charge in [0, 0.05) is 20.0 Å². The lowest BCUT2D eigenvalue weighted by molar-refractivity contribution is 0.0937. The van der Waals surface area contributed by atoms with Gasteiger partial charge in [-0.15, -0.1) is 11.6 Å². The van der Waals surface area contributed by atoms with E-state index in [1.807, 2.05) is 25.1 Å². The maximum atomic E-state index is 12.0. The van der Waals surface area contributed by atoms with Gasteiger partial charge in [-0.3, -0.25) is 4.79 Å². The van der Waals surface area contributed by atoms with Crippen molar-refractivity contribution in [3.63, 3.8) is 0 Å². The summed E-state index contributed by atoms with van der Waals surface area (Å²) in [5.41, 5.74) is 0.676. The first-order valence-electron chi connectivity index (χ1n) is 5.36. The number of benzene rings is 1. The van der Waals surface area contributed by atoms with Gasteiger partial charge in [0.25, 0.3) is 5.91 Å². The molecule has 1 aromatic carbocycles. The maximum absolute atomic E-state index is 12.0. The molecule has 2 nitrogen and oxygen atoms in total. The quantitative estimate of drug-likeness (QED) is 0.551. The predicted octanol–water partition coefficient (Wildman–Crippen LogP) is 4.19. The summed E-state index contributed by atoms with van der Waals surface area (Å²) in [5.74, 6) is 0.588. The van der Waals surface area contributed by atoms with E-state index in [1.54, 1.807) is 0 Å². The summed E-state index contributed by atoms with van der Waals surface area (Å²) in [6.07, 6.45) is 1.81. The number of amides is 1. The molecule has 1 amide bonds. The number of carbonyl (C=O) groups excluding carboxylic acids is 1. The largest absolute Gasteiger partial charge is 0.350 e. The van der Waals surface area contributed by atoms with Crippen molar-refractivity contribution in [3.05, 3.63) is 31.8 Å². The summed E-state index contributed by atoms with van der Waals surface area (Å²) in [6, 6.07) is 5.86. The summed E-state index contributed by atoms with van der Waals surface area (Å²) in [6.45, 7) is 1.99. The highest BCUT2D eigenvalue weighted by Crippen LogP contribution is 2.19. The standard InChI is InChI=1S/C12H14BrClINO/c1-8(3-2-6-14)16-12(17)10-7-9(15)4-5-11(10)13/h4-5,7-8H,2-3,6H2,1H3,(H,16,17). The molecule has 0 aromatic heterocycles. The Morgan fingerprint density at radius 1 is 1.59 bits per heavy atom. The molecule has 0 aliphatic rings. The normalized spacial score (nSPS) is 12.2. The number of alkyl halides is 1. The van der Waals surface area contributed by atoms with Crippen molar-refractivity contribution in [1.29, 1.82) is 0 Å². The highest BCUT2D eigenvalue weighted by atomic mass is 127. The number of hydrogen-bond acceptors (Lipinski definition) is 1. The Morgan fingerprint density at radius 3 is 2.94 bits per heavy atom. The van der Waals surface area contributed by atoms with Gasteiger partial charge in [0.1, 0.15) is 0 Å². The van der Waals surface area contributed by atoms with E-state index in [2.05, 4.69) is 43.8 Å². The maximum Gasteiger partial charge on any atom is 0.252 e. The number of halogens is 3. The fraction of sp³-hybridized carbons (Fsp3) is 0.417. The third-order valence-electron chi connectivity index (χ3n) is 2.32. The zero-order valence-electron chi connectivity index (χ0n) is 9.47. The van der Waals surface area contributed by atoms with Gasteiger partial charge in [-0.1, -0.05) is 0 Å². The van der Waals surface area contributed by atoms with Gasteiger partial charge >= 0.3 is 0 Å². The van der Waals surface area contributed by atoms with Crippen molar-refractivity contribution in [3.8, 4) is 0 Å². The van der Waals surface area contributed by atoms with Crippen LogP contribution in [0.25, 0.3) is 0 Å². The molecule has 1 atom stereocenters. The highest BCUT2D eigenvalue weighted by molar-refractivity contribution is 14.1. The molecule has 0 spiro atoms. The molecule has 1 N–H and O–H groups in total. The van der Waals surface area contributed by atoms with Crippen LogP contribution in [0.15, 0.2) is 22.7 Å². The Hall–Kier alpha value is 0.190. The van der Waals surface area contributed by atoms with E-state index in [9.17, 15) is 4.79 Å². The zero-order chi connectivity index (χ0) is 12.8. The average Bonchev–Trinajstić information content (AvgIpc) is 2.29. The lowest BCUT2D eigenvalue weighted by Crippen LogP contribution is -2.32. The molecule has 0 aliphatic carbocycles. The first-order valence-corrected chi connectivity index (χ1v) is 7.77. The SMILES string of the molecule is CC(CCCCl)NC(=O)c1cc(I)ccc1Br. The van der Waals surface area contributed by atoms with Gasteiger partial charge in [-0.05, 0) is 76.5 Å². The third kappa shape index (κ3) is 5.14. The van der Waals surface area contributed by atoms with Crippen LogP contribution in [0.3, 0.4) is 0 Å². The smallest absolute Gasteiger partial charge is 0.252 e. The molecular formula is C12H14BrClINO. The molecule has 0 heterocycles. The summed E-state index contributed by atoms with van der Waals surface area (Å²) < 4.78 is 1.87. The second-order valence-corrected chi connectivity index (χ2v) is 6.31. The molecule has 0 saturated heterocycles. The van der Waals surface area contributed by atoms with Crippen molar-refractivity contribution in [1.82, 2.24) is 5.32 Å². The van der Waals surface area contributed by atoms with E-state index in [-0.39, 0.29) is 11.9 Å². The Morgan fingerprint density at radius 2 is 2.29 bits per heavy atom. The average molecular weight is 431 g/mol. The van der Waals surface area contributed by atoms with Crippen LogP contribution in [0.1, 0.15) is 30.1 Å². The molecule has 0 aliphatic heterocycles. The van der Waals surface area contributed by atoms with E-state index >= 15 is 0 Å². The predicted molar refractivity (Wildman–Crippen MR) is 83.7 cm³/mol. The van der Waals surface area contributed by atoms with E-state index in [4.69, 9.17) is 11.6 Å². The van der Waals surface area contributed by atoms with Gasteiger partial charge in [0.05, 0.1) is 5.56 Å². The Balaban J connectivity index is 2.66. The van der Waals surface area contributed by atoms with Crippen molar-refractivity contribution in [2.24, 2.45) is 0 Å². The van der Waals surface area contributed by atoms with Crippen LogP contribution in [0.2, 0.25) is 0 Å². The van der Waals surface area contributed by atoms with E-state index in [1.165, 1.54) is 0 Å². The molecular weight excluding hydrogens is 416 g/mol. The number of carbonyl (C=O) groups is 1. The molecule has 0 saturated carbocycles. The van der Waals surface area contributed by atoms with Crippen LogP contribution in [0.4, 0.5) is 0 Å². The summed E-state index contributed by atoms with van der Waals surface area (Å²) in [7, 11) is 0. The molecule has 17 heavy (non-hydrogen) atoms. The number of rotatable bonds is 5. The molecule has 0 fully saturated rings. The zero-order valence-corrected chi connectivity index (χ0v) is 14.0. The van der Waals surface area contributed by atoms with Crippen LogP contribution < -0.4 is 5.32 Å². The fourth-order valence-corrected chi connectivity index (χ4v) is 2.50. The van der Waals surface area contributed by atoms with Gasteiger partial charge in [-0.2, -0.15) is 0 Å². The second kappa shape index (κ2) is 7.59. The fourth-order valence-electron chi connectivity index (χ4n) is 1.43. The van der Waals surface area contributed by atoms with Crippen LogP contribution >= 0.6 is 50.1 Å². The van der Waals surface area contributed by atoms with Gasteiger partial charge in [0.15, 0.2) is 0 Å². The monoisotopic (exact) mass is 429 g/mol. The van der Waals surface area contributed by atoms with E-state index in [0.29, 0.717) is 11.4 Å². The minimum atomic E-state index is -0.0440. The lowest BCUT2D eigenvalue weighted by atomic mass is 10.1. The van der Waals surface area contributed by atoms with Crippen LogP contribution in [-0.2, 0) is 0 Å². The molecule has 1 rings (SSSR count).